The molecule has 0 amide bonds. The van der Waals surface area contributed by atoms with Crippen molar-refractivity contribution in [3.05, 3.63) is 0 Å². The lowest BCUT2D eigenvalue weighted by atomic mass is 9.70. The maximum Gasteiger partial charge on any atom is 0.184 e. The van der Waals surface area contributed by atoms with Crippen LogP contribution >= 0.6 is 12.2 Å². The van der Waals surface area contributed by atoms with Crippen LogP contribution in [-0.2, 0) is 0 Å². The summed E-state index contributed by atoms with van der Waals surface area (Å²) in [5, 5.41) is 4.63. The first-order valence-electron chi connectivity index (χ1n) is 5.50. The highest BCUT2D eigenvalue weighted by atomic mass is 32.1. The van der Waals surface area contributed by atoms with Crippen LogP contribution in [0.5, 0.6) is 0 Å². The van der Waals surface area contributed by atoms with E-state index in [2.05, 4.69) is 31.3 Å². The fourth-order valence-electron chi connectivity index (χ4n) is 3.22. The molecule has 2 atom stereocenters. The predicted molar refractivity (Wildman–Crippen MR) is 66.6 cm³/mol. The Morgan fingerprint density at radius 2 is 2.20 bits per heavy atom. The number of hydrazone groups is 1. The summed E-state index contributed by atoms with van der Waals surface area (Å²) in [5.74, 6) is 0.773. The highest BCUT2D eigenvalue weighted by Crippen LogP contribution is 2.63. The normalized spacial score (nSPS) is 39.7. The fourth-order valence-corrected chi connectivity index (χ4v) is 3.27. The molecule has 0 unspecified atom stereocenters. The summed E-state index contributed by atoms with van der Waals surface area (Å²) in [6, 6.07) is 0. The van der Waals surface area contributed by atoms with Gasteiger partial charge in [0.2, 0.25) is 0 Å². The average molecular weight is 225 g/mol. The van der Waals surface area contributed by atoms with Gasteiger partial charge in [-0.15, -0.1) is 0 Å². The molecule has 0 heterocycles. The van der Waals surface area contributed by atoms with Gasteiger partial charge in [-0.25, -0.2) is 0 Å². The molecule has 2 bridgehead atoms. The van der Waals surface area contributed by atoms with E-state index in [-0.39, 0.29) is 10.5 Å². The Morgan fingerprint density at radius 3 is 2.60 bits per heavy atom. The van der Waals surface area contributed by atoms with Crippen molar-refractivity contribution in [3.63, 3.8) is 0 Å². The van der Waals surface area contributed by atoms with Crippen LogP contribution < -0.4 is 11.2 Å². The van der Waals surface area contributed by atoms with Crippen molar-refractivity contribution in [3.8, 4) is 0 Å². The molecule has 3 N–H and O–H groups in total. The molecule has 84 valence electrons. The molecule has 0 aromatic carbocycles. The van der Waals surface area contributed by atoms with Gasteiger partial charge in [-0.3, -0.25) is 5.43 Å². The monoisotopic (exact) mass is 225 g/mol. The van der Waals surface area contributed by atoms with Crippen LogP contribution in [0.1, 0.15) is 40.0 Å². The molecule has 0 radical (unpaired) electrons. The lowest BCUT2D eigenvalue weighted by Crippen LogP contribution is -2.35. The van der Waals surface area contributed by atoms with Crippen LogP contribution in [0, 0.1) is 16.7 Å². The lowest BCUT2D eigenvalue weighted by molar-refractivity contribution is 0.193. The SMILES string of the molecule is CC1(C)[C@H]2CC[C@@]1(C)/C(=N\NC(N)=S)C2. The van der Waals surface area contributed by atoms with Crippen molar-refractivity contribution in [2.45, 2.75) is 40.0 Å². The second-order valence-corrected chi connectivity index (χ2v) is 5.97. The largest absolute Gasteiger partial charge is 0.375 e. The number of hydrogen-bond acceptors (Lipinski definition) is 2. The highest BCUT2D eigenvalue weighted by Gasteiger charge is 2.59. The number of nitrogens with one attached hydrogen (secondary N) is 1. The standard InChI is InChI=1S/C11H19N3S/c1-10(2)7-4-5-11(10,3)8(6-7)13-14-9(12)15/h7H,4-6H2,1-3H3,(H3,12,14,15)/b13-8-/t7-,11-/m0/s1. The Balaban J connectivity index is 2.26. The molecule has 4 heteroatoms. The van der Waals surface area contributed by atoms with Gasteiger partial charge in [0, 0.05) is 11.1 Å². The number of nitrogens with zero attached hydrogens (tertiary/aromatic N) is 1. The maximum atomic E-state index is 5.39. The van der Waals surface area contributed by atoms with Crippen LogP contribution in [-0.4, -0.2) is 10.8 Å². The molecule has 0 aliphatic heterocycles. The van der Waals surface area contributed by atoms with Gasteiger partial charge in [-0.2, -0.15) is 5.10 Å². The summed E-state index contributed by atoms with van der Waals surface area (Å²) in [4.78, 5) is 0. The Kier molecular flexibility index (Phi) is 2.30. The molecular weight excluding hydrogens is 206 g/mol. The zero-order valence-corrected chi connectivity index (χ0v) is 10.4. The average Bonchev–Trinajstić information content (AvgIpc) is 2.46. The van der Waals surface area contributed by atoms with Crippen molar-refractivity contribution in [2.24, 2.45) is 27.6 Å². The van der Waals surface area contributed by atoms with Crippen molar-refractivity contribution in [1.82, 2.24) is 5.43 Å². The first-order valence-corrected chi connectivity index (χ1v) is 5.91. The molecule has 2 aliphatic rings. The van der Waals surface area contributed by atoms with E-state index in [1.54, 1.807) is 0 Å². The molecule has 2 aliphatic carbocycles. The smallest absolute Gasteiger partial charge is 0.184 e. The number of thiocarbonyl (C=S) groups is 1. The van der Waals surface area contributed by atoms with E-state index in [0.29, 0.717) is 5.41 Å². The molecule has 2 saturated carbocycles. The van der Waals surface area contributed by atoms with Crippen LogP contribution in [0.2, 0.25) is 0 Å². The van der Waals surface area contributed by atoms with Gasteiger partial charge in [0.15, 0.2) is 5.11 Å². The van der Waals surface area contributed by atoms with Gasteiger partial charge in [-0.1, -0.05) is 20.8 Å². The first-order chi connectivity index (χ1) is 6.88. The lowest BCUT2D eigenvalue weighted by Gasteiger charge is -2.34. The summed E-state index contributed by atoms with van der Waals surface area (Å²) < 4.78 is 0. The minimum atomic E-state index is 0.232. The maximum absolute atomic E-state index is 5.39. The van der Waals surface area contributed by atoms with E-state index in [0.717, 1.165) is 12.3 Å². The topological polar surface area (TPSA) is 50.4 Å². The van der Waals surface area contributed by atoms with Crippen LogP contribution in [0.25, 0.3) is 0 Å². The highest BCUT2D eigenvalue weighted by molar-refractivity contribution is 7.80. The Morgan fingerprint density at radius 1 is 1.53 bits per heavy atom. The van der Waals surface area contributed by atoms with Crippen LogP contribution in [0.3, 0.4) is 0 Å². The quantitative estimate of drug-likeness (QED) is 0.530. The zero-order valence-electron chi connectivity index (χ0n) is 9.63. The molecule has 3 nitrogen and oxygen atoms in total. The van der Waals surface area contributed by atoms with Crippen molar-refractivity contribution in [1.29, 1.82) is 0 Å². The fraction of sp³-hybridized carbons (Fsp3) is 0.818. The summed E-state index contributed by atoms with van der Waals surface area (Å²) in [6.45, 7) is 7.03. The molecule has 0 aromatic rings. The Labute approximate surface area is 96.5 Å². The molecular formula is C11H19N3S. The summed E-state index contributed by atoms with van der Waals surface area (Å²) in [5.41, 5.74) is 9.97. The molecule has 2 fully saturated rings. The molecule has 0 saturated heterocycles. The van der Waals surface area contributed by atoms with Crippen molar-refractivity contribution in [2.75, 3.05) is 0 Å². The van der Waals surface area contributed by atoms with Crippen LogP contribution in [0.15, 0.2) is 5.10 Å². The van der Waals surface area contributed by atoms with Gasteiger partial charge in [0.05, 0.1) is 0 Å². The minimum Gasteiger partial charge on any atom is -0.375 e. The summed E-state index contributed by atoms with van der Waals surface area (Å²) >= 11 is 4.77. The zero-order chi connectivity index (χ0) is 11.3. The number of rotatable bonds is 1. The number of fused-ring (bicyclic) bond motifs is 2. The predicted octanol–water partition coefficient (Wildman–Crippen LogP) is 2.02. The molecule has 0 spiro atoms. The van der Waals surface area contributed by atoms with E-state index in [1.807, 2.05) is 0 Å². The number of hydrogen-bond donors (Lipinski definition) is 2. The van der Waals surface area contributed by atoms with Crippen molar-refractivity contribution < 1.29 is 0 Å². The molecule has 15 heavy (non-hydrogen) atoms. The van der Waals surface area contributed by atoms with Gasteiger partial charge in [0.25, 0.3) is 0 Å². The number of nitrogens with two attached hydrogens (primary N) is 1. The summed E-state index contributed by atoms with van der Waals surface area (Å²) in [6.07, 6.45) is 3.66. The third-order valence-electron chi connectivity index (χ3n) is 4.81. The Hall–Kier alpha value is -0.640. The molecule has 0 aromatic heterocycles. The second-order valence-electron chi connectivity index (χ2n) is 5.53. The van der Waals surface area contributed by atoms with Gasteiger partial charge in [0.1, 0.15) is 0 Å². The van der Waals surface area contributed by atoms with E-state index in [4.69, 9.17) is 18.0 Å². The van der Waals surface area contributed by atoms with E-state index >= 15 is 0 Å². The first kappa shape index (κ1) is 10.9. The van der Waals surface area contributed by atoms with E-state index < -0.39 is 0 Å². The van der Waals surface area contributed by atoms with Gasteiger partial charge >= 0.3 is 0 Å². The van der Waals surface area contributed by atoms with E-state index in [9.17, 15) is 0 Å². The van der Waals surface area contributed by atoms with Gasteiger partial charge < -0.3 is 5.73 Å². The third-order valence-corrected chi connectivity index (χ3v) is 4.90. The van der Waals surface area contributed by atoms with E-state index in [1.165, 1.54) is 18.6 Å². The van der Waals surface area contributed by atoms with Crippen LogP contribution in [0.4, 0.5) is 0 Å². The minimum absolute atomic E-state index is 0.232. The summed E-state index contributed by atoms with van der Waals surface area (Å²) in [7, 11) is 0. The van der Waals surface area contributed by atoms with Crippen molar-refractivity contribution >= 4 is 23.0 Å². The Bertz CT molecular complexity index is 335. The molecule has 2 rings (SSSR count). The van der Waals surface area contributed by atoms with Gasteiger partial charge in [-0.05, 0) is 42.8 Å². The second kappa shape index (κ2) is 3.17. The third kappa shape index (κ3) is 1.38.